The van der Waals surface area contributed by atoms with E-state index in [1.807, 2.05) is 54.7 Å². The second-order valence-electron chi connectivity index (χ2n) is 6.00. The van der Waals surface area contributed by atoms with Gasteiger partial charge in [0.15, 0.2) is 0 Å². The first-order valence-corrected chi connectivity index (χ1v) is 8.53. The third kappa shape index (κ3) is 4.09. The van der Waals surface area contributed by atoms with Crippen molar-refractivity contribution in [2.24, 2.45) is 0 Å². The maximum absolute atomic E-state index is 12.3. The molecule has 0 bridgehead atoms. The summed E-state index contributed by atoms with van der Waals surface area (Å²) in [5.41, 5.74) is 3.45. The minimum atomic E-state index is -0.0647. The first kappa shape index (κ1) is 16.7. The van der Waals surface area contributed by atoms with Gasteiger partial charge in [0.25, 0.3) is 0 Å². The highest BCUT2D eigenvalue weighted by molar-refractivity contribution is 5.91. The van der Waals surface area contributed by atoms with Gasteiger partial charge >= 0.3 is 0 Å². The number of nitrogens with zero attached hydrogens (tertiary/aromatic N) is 4. The van der Waals surface area contributed by atoms with Gasteiger partial charge in [-0.1, -0.05) is 24.3 Å². The van der Waals surface area contributed by atoms with Crippen molar-refractivity contribution in [1.29, 1.82) is 0 Å². The maximum Gasteiger partial charge on any atom is 0.247 e. The van der Waals surface area contributed by atoms with Crippen molar-refractivity contribution in [3.63, 3.8) is 0 Å². The smallest absolute Gasteiger partial charge is 0.247 e. The fourth-order valence-corrected chi connectivity index (χ4v) is 2.72. The van der Waals surface area contributed by atoms with Gasteiger partial charge < -0.3 is 9.73 Å². The van der Waals surface area contributed by atoms with Gasteiger partial charge in [0.1, 0.15) is 0 Å². The lowest BCUT2D eigenvalue weighted by atomic mass is 10.1. The molecule has 2 aromatic carbocycles. The summed E-state index contributed by atoms with van der Waals surface area (Å²) in [7, 11) is 0. The van der Waals surface area contributed by atoms with Crippen LogP contribution in [0.15, 0.2) is 77.8 Å². The van der Waals surface area contributed by atoms with E-state index in [1.165, 1.54) is 6.39 Å². The van der Waals surface area contributed by atoms with Crippen molar-refractivity contribution in [3.05, 3.63) is 78.9 Å². The number of amides is 1. The number of para-hydroxylation sites is 1. The fraction of sp³-hybridized carbons (Fsp3) is 0.100. The van der Waals surface area contributed by atoms with Crippen LogP contribution < -0.4 is 5.32 Å². The minimum absolute atomic E-state index is 0.0647. The van der Waals surface area contributed by atoms with Crippen molar-refractivity contribution in [2.45, 2.75) is 12.8 Å². The number of nitrogens with one attached hydrogen (secondary N) is 1. The number of carbonyl (C=O) groups is 1. The number of hydrogen-bond acceptors (Lipinski definition) is 5. The van der Waals surface area contributed by atoms with Crippen molar-refractivity contribution in [2.75, 3.05) is 5.32 Å². The van der Waals surface area contributed by atoms with Gasteiger partial charge in [-0.3, -0.25) is 4.79 Å². The molecule has 0 radical (unpaired) electrons. The summed E-state index contributed by atoms with van der Waals surface area (Å²) in [5.74, 6) is 0.351. The molecule has 0 aliphatic carbocycles. The predicted octanol–water partition coefficient (Wildman–Crippen LogP) is 3.49. The van der Waals surface area contributed by atoms with Crippen LogP contribution in [-0.4, -0.2) is 25.9 Å². The molecule has 7 heteroatoms. The standard InChI is InChI=1S/C20H17N5O2/c26-19(23-17-6-4-5-16(11-17)20-24-21-14-27-20)10-9-15-12-22-25(13-15)18-7-2-1-3-8-18/h1-8,11-14H,9-10H2,(H,23,26). The average molecular weight is 359 g/mol. The molecule has 2 aromatic heterocycles. The molecule has 1 N–H and O–H groups in total. The van der Waals surface area contributed by atoms with Crippen LogP contribution in [0.5, 0.6) is 0 Å². The van der Waals surface area contributed by atoms with Gasteiger partial charge in [-0.15, -0.1) is 10.2 Å². The highest BCUT2D eigenvalue weighted by Gasteiger charge is 2.08. The summed E-state index contributed by atoms with van der Waals surface area (Å²) in [6, 6.07) is 17.2. The largest absolute Gasteiger partial charge is 0.423 e. The normalized spacial score (nSPS) is 10.7. The van der Waals surface area contributed by atoms with Gasteiger partial charge in [-0.2, -0.15) is 5.10 Å². The Morgan fingerprint density at radius 2 is 2.00 bits per heavy atom. The van der Waals surface area contributed by atoms with Crippen LogP contribution in [0.1, 0.15) is 12.0 Å². The van der Waals surface area contributed by atoms with Crippen LogP contribution in [-0.2, 0) is 11.2 Å². The van der Waals surface area contributed by atoms with Gasteiger partial charge in [0, 0.05) is 23.9 Å². The zero-order valence-corrected chi connectivity index (χ0v) is 14.4. The molecule has 0 unspecified atom stereocenters. The quantitative estimate of drug-likeness (QED) is 0.569. The van der Waals surface area contributed by atoms with E-state index in [4.69, 9.17) is 4.42 Å². The Bertz CT molecular complexity index is 1030. The number of aromatic nitrogens is 4. The molecule has 0 aliphatic rings. The predicted molar refractivity (Wildman–Crippen MR) is 100 cm³/mol. The number of carbonyl (C=O) groups excluding carboxylic acids is 1. The van der Waals surface area contributed by atoms with Gasteiger partial charge in [0.05, 0.1) is 11.9 Å². The van der Waals surface area contributed by atoms with E-state index in [-0.39, 0.29) is 5.91 Å². The maximum atomic E-state index is 12.3. The number of rotatable bonds is 6. The van der Waals surface area contributed by atoms with Crippen LogP contribution in [0, 0.1) is 0 Å². The van der Waals surface area contributed by atoms with Crippen molar-refractivity contribution >= 4 is 11.6 Å². The Labute approximate surface area is 155 Å². The second kappa shape index (κ2) is 7.65. The van der Waals surface area contributed by atoms with Crippen molar-refractivity contribution < 1.29 is 9.21 Å². The van der Waals surface area contributed by atoms with E-state index in [9.17, 15) is 4.79 Å². The Kier molecular flexibility index (Phi) is 4.74. The van der Waals surface area contributed by atoms with E-state index in [1.54, 1.807) is 16.9 Å². The summed E-state index contributed by atoms with van der Waals surface area (Å²) < 4.78 is 6.99. The van der Waals surface area contributed by atoms with Gasteiger partial charge in [-0.25, -0.2) is 4.68 Å². The molecule has 0 fully saturated rings. The Hall–Kier alpha value is -3.74. The van der Waals surface area contributed by atoms with Crippen LogP contribution in [0.25, 0.3) is 17.1 Å². The summed E-state index contributed by atoms with van der Waals surface area (Å²) in [4.78, 5) is 12.3. The third-order valence-corrected chi connectivity index (χ3v) is 4.05. The SMILES string of the molecule is O=C(CCc1cnn(-c2ccccc2)c1)Nc1cccc(-c2nnco2)c1. The van der Waals surface area contributed by atoms with E-state index in [0.29, 0.717) is 24.4 Å². The first-order chi connectivity index (χ1) is 13.3. The molecule has 4 aromatic rings. The molecule has 0 atom stereocenters. The highest BCUT2D eigenvalue weighted by atomic mass is 16.4. The molecule has 0 saturated carbocycles. The van der Waals surface area contributed by atoms with Crippen LogP contribution >= 0.6 is 0 Å². The number of benzene rings is 2. The Morgan fingerprint density at radius 3 is 2.81 bits per heavy atom. The van der Waals surface area contributed by atoms with Crippen LogP contribution in [0.3, 0.4) is 0 Å². The first-order valence-electron chi connectivity index (χ1n) is 8.53. The van der Waals surface area contributed by atoms with E-state index >= 15 is 0 Å². The van der Waals surface area contributed by atoms with Crippen molar-refractivity contribution in [3.8, 4) is 17.1 Å². The molecule has 0 spiro atoms. The summed E-state index contributed by atoms with van der Waals surface area (Å²) in [6.45, 7) is 0. The monoisotopic (exact) mass is 359 g/mol. The summed E-state index contributed by atoms with van der Waals surface area (Å²) in [5, 5.41) is 14.8. The van der Waals surface area contributed by atoms with Gasteiger partial charge in [-0.05, 0) is 42.3 Å². The second-order valence-corrected chi connectivity index (χ2v) is 6.00. The topological polar surface area (TPSA) is 85.8 Å². The average Bonchev–Trinajstić information content (AvgIpc) is 3.40. The third-order valence-electron chi connectivity index (χ3n) is 4.05. The molecule has 27 heavy (non-hydrogen) atoms. The molecule has 0 aliphatic heterocycles. The lowest BCUT2D eigenvalue weighted by Gasteiger charge is -2.05. The number of anilines is 1. The molecule has 134 valence electrons. The molecule has 1 amide bonds. The zero-order chi connectivity index (χ0) is 18.5. The molecule has 7 nitrogen and oxygen atoms in total. The molecule has 4 rings (SSSR count). The van der Waals surface area contributed by atoms with E-state index in [2.05, 4.69) is 20.6 Å². The lowest BCUT2D eigenvalue weighted by molar-refractivity contribution is -0.116. The van der Waals surface area contributed by atoms with Crippen LogP contribution in [0.4, 0.5) is 5.69 Å². The minimum Gasteiger partial charge on any atom is -0.423 e. The molecule has 2 heterocycles. The van der Waals surface area contributed by atoms with Gasteiger partial charge in [0.2, 0.25) is 18.2 Å². The number of aryl methyl sites for hydroxylation is 1. The van der Waals surface area contributed by atoms with Crippen molar-refractivity contribution in [1.82, 2.24) is 20.0 Å². The Morgan fingerprint density at radius 1 is 1.11 bits per heavy atom. The Balaban J connectivity index is 1.35. The highest BCUT2D eigenvalue weighted by Crippen LogP contribution is 2.20. The molecular weight excluding hydrogens is 342 g/mol. The fourth-order valence-electron chi connectivity index (χ4n) is 2.72. The lowest BCUT2D eigenvalue weighted by Crippen LogP contribution is -2.12. The number of hydrogen-bond donors (Lipinski definition) is 1. The molecule has 0 saturated heterocycles. The molecular formula is C20H17N5O2. The summed E-state index contributed by atoms with van der Waals surface area (Å²) in [6.07, 6.45) is 5.98. The van der Waals surface area contributed by atoms with E-state index < -0.39 is 0 Å². The zero-order valence-electron chi connectivity index (χ0n) is 14.4. The van der Waals surface area contributed by atoms with E-state index in [0.717, 1.165) is 16.8 Å². The summed E-state index contributed by atoms with van der Waals surface area (Å²) >= 11 is 0. The van der Waals surface area contributed by atoms with Crippen LogP contribution in [0.2, 0.25) is 0 Å².